The lowest BCUT2D eigenvalue weighted by Crippen LogP contribution is -2.53. The first-order valence-electron chi connectivity index (χ1n) is 5.34. The first-order valence-corrected chi connectivity index (χ1v) is 5.34. The smallest absolute Gasteiger partial charge is 0.0989 e. The fourth-order valence-electron chi connectivity index (χ4n) is 2.94. The van der Waals surface area contributed by atoms with E-state index in [-0.39, 0.29) is 22.4 Å². The van der Waals surface area contributed by atoms with Crippen LogP contribution in [0.2, 0.25) is 0 Å². The van der Waals surface area contributed by atoms with Gasteiger partial charge < -0.3 is 11.1 Å². The zero-order valence-corrected chi connectivity index (χ0v) is 9.27. The Kier molecular flexibility index (Phi) is 2.09. The van der Waals surface area contributed by atoms with Crippen LogP contribution in [-0.2, 0) is 0 Å². The Hall–Kier alpha value is -1.76. The van der Waals surface area contributed by atoms with Crippen LogP contribution in [0.25, 0.3) is 0 Å². The van der Waals surface area contributed by atoms with Gasteiger partial charge in [0.1, 0.15) is 0 Å². The lowest BCUT2D eigenvalue weighted by Gasteiger charge is -2.44. The first-order chi connectivity index (χ1) is 7.42. The third-order valence-corrected chi connectivity index (χ3v) is 3.71. The van der Waals surface area contributed by atoms with Crippen LogP contribution in [0.5, 0.6) is 0 Å². The van der Waals surface area contributed by atoms with Crippen molar-refractivity contribution in [3.05, 3.63) is 24.6 Å². The van der Waals surface area contributed by atoms with Crippen LogP contribution in [0.15, 0.2) is 24.6 Å². The van der Waals surface area contributed by atoms with E-state index in [1.807, 2.05) is 0 Å². The number of fused-ring (bicyclic) bond motifs is 1. The van der Waals surface area contributed by atoms with Crippen LogP contribution in [0.3, 0.4) is 0 Å². The maximum atomic E-state index is 9.03. The van der Waals surface area contributed by atoms with Gasteiger partial charge in [0.2, 0.25) is 0 Å². The highest BCUT2D eigenvalue weighted by Gasteiger charge is 2.61. The molecule has 0 saturated heterocycles. The molecule has 3 aliphatic carbocycles. The Morgan fingerprint density at radius 1 is 1.38 bits per heavy atom. The SMILES string of the molecule is C=C(N)C(=N)C(=C)NC12CCC(C#N)(C1)C2. The van der Waals surface area contributed by atoms with Crippen LogP contribution in [0.1, 0.15) is 25.7 Å². The summed E-state index contributed by atoms with van der Waals surface area (Å²) < 4.78 is 0. The Labute approximate surface area is 95.3 Å². The Balaban J connectivity index is 1.99. The molecule has 4 nitrogen and oxygen atoms in total. The van der Waals surface area contributed by atoms with Crippen LogP contribution < -0.4 is 11.1 Å². The second-order valence-corrected chi connectivity index (χ2v) is 5.03. The molecule has 3 fully saturated rings. The summed E-state index contributed by atoms with van der Waals surface area (Å²) in [4.78, 5) is 0. The number of nitrogens with one attached hydrogen (secondary N) is 2. The fourth-order valence-corrected chi connectivity index (χ4v) is 2.94. The van der Waals surface area contributed by atoms with Gasteiger partial charge in [-0.2, -0.15) is 5.26 Å². The van der Waals surface area contributed by atoms with Crippen LogP contribution in [-0.4, -0.2) is 11.3 Å². The van der Waals surface area contributed by atoms with Gasteiger partial charge in [-0.3, -0.25) is 5.41 Å². The summed E-state index contributed by atoms with van der Waals surface area (Å²) in [6, 6.07) is 2.39. The summed E-state index contributed by atoms with van der Waals surface area (Å²) in [5.41, 5.74) is 6.21. The molecule has 16 heavy (non-hydrogen) atoms. The topological polar surface area (TPSA) is 85.7 Å². The summed E-state index contributed by atoms with van der Waals surface area (Å²) >= 11 is 0. The van der Waals surface area contributed by atoms with Crippen molar-refractivity contribution < 1.29 is 0 Å². The van der Waals surface area contributed by atoms with Gasteiger partial charge in [-0.25, -0.2) is 0 Å². The van der Waals surface area contributed by atoms with E-state index in [1.165, 1.54) is 0 Å². The largest absolute Gasteiger partial charge is 0.397 e. The molecule has 2 bridgehead atoms. The zero-order valence-electron chi connectivity index (χ0n) is 9.27. The minimum absolute atomic E-state index is 0.0193. The molecule has 3 aliphatic rings. The lowest BCUT2D eigenvalue weighted by atomic mass is 9.66. The molecular weight excluding hydrogens is 200 g/mol. The van der Waals surface area contributed by atoms with Crippen molar-refractivity contribution in [2.45, 2.75) is 31.2 Å². The van der Waals surface area contributed by atoms with E-state index in [2.05, 4.69) is 24.5 Å². The molecule has 0 heterocycles. The quantitative estimate of drug-likeness (QED) is 0.621. The Morgan fingerprint density at radius 2 is 2.00 bits per heavy atom. The highest BCUT2D eigenvalue weighted by molar-refractivity contribution is 6.08. The van der Waals surface area contributed by atoms with Crippen LogP contribution in [0, 0.1) is 22.2 Å². The van der Waals surface area contributed by atoms with Gasteiger partial charge in [0, 0.05) is 5.54 Å². The standard InChI is InChI=1S/C12H16N4/c1-8(14)10(15)9(2)16-12-4-3-11(5-12,6-12)7-13/h15-16H,1-6,14H2. The molecule has 0 atom stereocenters. The van der Waals surface area contributed by atoms with E-state index < -0.39 is 0 Å². The molecule has 0 aromatic carbocycles. The van der Waals surface area contributed by atoms with Crippen molar-refractivity contribution in [2.24, 2.45) is 11.1 Å². The van der Waals surface area contributed by atoms with Gasteiger partial charge in [-0.15, -0.1) is 0 Å². The van der Waals surface area contributed by atoms with Crippen LogP contribution >= 0.6 is 0 Å². The first kappa shape index (κ1) is 10.7. The number of hydrogen-bond acceptors (Lipinski definition) is 4. The zero-order chi connectivity index (χ0) is 12.0. The number of nitriles is 1. The fraction of sp³-hybridized carbons (Fsp3) is 0.500. The molecule has 3 saturated carbocycles. The summed E-state index contributed by atoms with van der Waals surface area (Å²) in [6.07, 6.45) is 3.64. The lowest BCUT2D eigenvalue weighted by molar-refractivity contribution is 0.149. The third kappa shape index (κ3) is 1.40. The molecule has 4 N–H and O–H groups in total. The molecule has 0 aromatic heterocycles. The van der Waals surface area contributed by atoms with E-state index in [4.69, 9.17) is 16.4 Å². The summed E-state index contributed by atoms with van der Waals surface area (Å²) in [6.45, 7) is 7.31. The van der Waals surface area contributed by atoms with Crippen molar-refractivity contribution >= 4 is 5.71 Å². The second kappa shape index (κ2) is 3.11. The van der Waals surface area contributed by atoms with E-state index in [0.717, 1.165) is 25.7 Å². The van der Waals surface area contributed by atoms with E-state index in [9.17, 15) is 0 Å². The van der Waals surface area contributed by atoms with Crippen molar-refractivity contribution in [2.75, 3.05) is 0 Å². The molecule has 0 aliphatic heterocycles. The maximum Gasteiger partial charge on any atom is 0.0989 e. The van der Waals surface area contributed by atoms with Gasteiger partial charge in [0.05, 0.1) is 28.6 Å². The molecule has 0 spiro atoms. The van der Waals surface area contributed by atoms with E-state index >= 15 is 0 Å². The predicted octanol–water partition coefficient (Wildman–Crippen LogP) is 1.42. The second-order valence-electron chi connectivity index (χ2n) is 5.03. The van der Waals surface area contributed by atoms with Crippen LogP contribution in [0.4, 0.5) is 0 Å². The summed E-state index contributed by atoms with van der Waals surface area (Å²) in [5.74, 6) is 0. The van der Waals surface area contributed by atoms with Crippen molar-refractivity contribution in [1.29, 1.82) is 10.7 Å². The van der Waals surface area contributed by atoms with E-state index in [1.54, 1.807) is 0 Å². The molecule has 4 heteroatoms. The monoisotopic (exact) mass is 216 g/mol. The molecule has 0 unspecified atom stereocenters. The van der Waals surface area contributed by atoms with Crippen molar-refractivity contribution in [3.63, 3.8) is 0 Å². The third-order valence-electron chi connectivity index (χ3n) is 3.71. The molecule has 84 valence electrons. The highest BCUT2D eigenvalue weighted by atomic mass is 15.0. The normalized spacial score (nSPS) is 34.7. The average Bonchev–Trinajstić information content (AvgIpc) is 2.71. The van der Waals surface area contributed by atoms with Gasteiger partial charge in [-0.1, -0.05) is 13.2 Å². The van der Waals surface area contributed by atoms with Crippen molar-refractivity contribution in [1.82, 2.24) is 5.32 Å². The molecular formula is C12H16N4. The number of rotatable bonds is 4. The summed E-state index contributed by atoms with van der Waals surface area (Å²) in [7, 11) is 0. The van der Waals surface area contributed by atoms with E-state index in [0.29, 0.717) is 5.70 Å². The number of nitrogens with zero attached hydrogens (tertiary/aromatic N) is 1. The molecule has 0 amide bonds. The predicted molar refractivity (Wildman–Crippen MR) is 62.6 cm³/mol. The highest BCUT2D eigenvalue weighted by Crippen LogP contribution is 2.61. The minimum atomic E-state index is -0.116. The Morgan fingerprint density at radius 3 is 2.44 bits per heavy atom. The van der Waals surface area contributed by atoms with Gasteiger partial charge >= 0.3 is 0 Å². The molecule has 3 rings (SSSR count). The van der Waals surface area contributed by atoms with Gasteiger partial charge in [0.25, 0.3) is 0 Å². The van der Waals surface area contributed by atoms with Crippen molar-refractivity contribution in [3.8, 4) is 6.07 Å². The molecule has 0 aromatic rings. The Bertz CT molecular complexity index is 421. The maximum absolute atomic E-state index is 9.03. The van der Waals surface area contributed by atoms with Gasteiger partial charge in [-0.05, 0) is 25.7 Å². The molecule has 0 radical (unpaired) electrons. The average molecular weight is 216 g/mol. The number of nitrogens with two attached hydrogens (primary N) is 1. The minimum Gasteiger partial charge on any atom is -0.397 e. The summed E-state index contributed by atoms with van der Waals surface area (Å²) in [5, 5.41) is 19.9. The number of hydrogen-bond donors (Lipinski definition) is 3. The van der Waals surface area contributed by atoms with Gasteiger partial charge in [0.15, 0.2) is 0 Å².